The van der Waals surface area contributed by atoms with Crippen molar-refractivity contribution in [2.24, 2.45) is 11.8 Å². The first kappa shape index (κ1) is 19.2. The Hall–Kier alpha value is -1.11. The number of nitrogens with zero attached hydrogens (tertiary/aromatic N) is 1. The molecule has 1 fully saturated rings. The Labute approximate surface area is 149 Å². The summed E-state index contributed by atoms with van der Waals surface area (Å²) in [7, 11) is -3.63. The van der Waals surface area contributed by atoms with Crippen LogP contribution in [0.25, 0.3) is 0 Å². The molecule has 0 spiro atoms. The second kappa shape index (κ2) is 7.85. The predicted molar refractivity (Wildman–Crippen MR) is 95.5 cm³/mol. The molecule has 5 nitrogen and oxygen atoms in total. The SMILES string of the molecule is Cc1ccc(S(=O)(=O)N2CCC[C@@H](C(=O)NCC(C)C)C2)cc1Cl. The molecule has 1 aliphatic rings. The highest BCUT2D eigenvalue weighted by Crippen LogP contribution is 2.26. The predicted octanol–water partition coefficient (Wildman–Crippen LogP) is 2.82. The van der Waals surface area contributed by atoms with Crippen LogP contribution in [-0.4, -0.2) is 38.3 Å². The summed E-state index contributed by atoms with van der Waals surface area (Å²) in [5.74, 6) is 0.00538. The molecule has 134 valence electrons. The fraction of sp³-hybridized carbons (Fsp3) is 0.588. The lowest BCUT2D eigenvalue weighted by molar-refractivity contribution is -0.126. The maximum atomic E-state index is 12.8. The fourth-order valence-electron chi connectivity index (χ4n) is 2.71. The van der Waals surface area contributed by atoms with Crippen LogP contribution >= 0.6 is 11.6 Å². The van der Waals surface area contributed by atoms with E-state index < -0.39 is 10.0 Å². The van der Waals surface area contributed by atoms with Crippen molar-refractivity contribution in [3.05, 3.63) is 28.8 Å². The number of sulfonamides is 1. The van der Waals surface area contributed by atoms with Crippen molar-refractivity contribution in [2.45, 2.75) is 38.5 Å². The molecule has 0 saturated carbocycles. The lowest BCUT2D eigenvalue weighted by Crippen LogP contribution is -2.45. The van der Waals surface area contributed by atoms with E-state index in [1.807, 2.05) is 20.8 Å². The number of piperidine rings is 1. The molecule has 2 rings (SSSR count). The largest absolute Gasteiger partial charge is 0.356 e. The molecule has 7 heteroatoms. The molecular formula is C17H25ClN2O3S. The van der Waals surface area contributed by atoms with Gasteiger partial charge in [0.2, 0.25) is 15.9 Å². The van der Waals surface area contributed by atoms with Gasteiger partial charge in [-0.1, -0.05) is 31.5 Å². The third kappa shape index (κ3) is 4.49. The van der Waals surface area contributed by atoms with Crippen molar-refractivity contribution >= 4 is 27.5 Å². The average Bonchev–Trinajstić information content (AvgIpc) is 2.55. The number of aryl methyl sites for hydroxylation is 1. The molecule has 0 aromatic heterocycles. The molecule has 24 heavy (non-hydrogen) atoms. The molecule has 1 N–H and O–H groups in total. The van der Waals surface area contributed by atoms with Crippen LogP contribution in [0.5, 0.6) is 0 Å². The number of halogens is 1. The number of nitrogens with one attached hydrogen (secondary N) is 1. The number of rotatable bonds is 5. The number of benzene rings is 1. The maximum Gasteiger partial charge on any atom is 0.243 e. The Morgan fingerprint density at radius 1 is 1.42 bits per heavy atom. The molecular weight excluding hydrogens is 348 g/mol. The van der Waals surface area contributed by atoms with Gasteiger partial charge in [-0.05, 0) is 43.4 Å². The monoisotopic (exact) mass is 372 g/mol. The van der Waals surface area contributed by atoms with Crippen molar-refractivity contribution < 1.29 is 13.2 Å². The third-order valence-corrected chi connectivity index (χ3v) is 6.49. The van der Waals surface area contributed by atoms with Crippen LogP contribution in [0, 0.1) is 18.8 Å². The van der Waals surface area contributed by atoms with Gasteiger partial charge in [0.25, 0.3) is 0 Å². The smallest absolute Gasteiger partial charge is 0.243 e. The molecule has 1 aromatic rings. The Morgan fingerprint density at radius 3 is 2.75 bits per heavy atom. The molecule has 0 bridgehead atoms. The molecule has 1 saturated heterocycles. The summed E-state index contributed by atoms with van der Waals surface area (Å²) in [5, 5.41) is 3.33. The standard InChI is InChI=1S/C17H25ClN2O3S/c1-12(2)10-19-17(21)14-5-4-8-20(11-14)24(22,23)15-7-6-13(3)16(18)9-15/h6-7,9,12,14H,4-5,8,10-11H2,1-3H3,(H,19,21)/t14-/m1/s1. The second-order valence-electron chi connectivity index (χ2n) is 6.75. The van der Waals surface area contributed by atoms with Crippen LogP contribution in [-0.2, 0) is 14.8 Å². The Kier molecular flexibility index (Phi) is 6.28. The summed E-state index contributed by atoms with van der Waals surface area (Å²) < 4.78 is 27.0. The van der Waals surface area contributed by atoms with E-state index in [0.29, 0.717) is 36.9 Å². The summed E-state index contributed by atoms with van der Waals surface area (Å²) in [5.41, 5.74) is 0.834. The van der Waals surface area contributed by atoms with Crippen molar-refractivity contribution in [2.75, 3.05) is 19.6 Å². The van der Waals surface area contributed by atoms with Crippen LogP contribution in [0.4, 0.5) is 0 Å². The Balaban J connectivity index is 2.12. The maximum absolute atomic E-state index is 12.8. The van der Waals surface area contributed by atoms with E-state index in [0.717, 1.165) is 5.56 Å². The summed E-state index contributed by atoms with van der Waals surface area (Å²) in [6.07, 6.45) is 1.39. The lowest BCUT2D eigenvalue weighted by Gasteiger charge is -2.31. The number of carbonyl (C=O) groups excluding carboxylic acids is 1. The zero-order chi connectivity index (χ0) is 17.9. The summed E-state index contributed by atoms with van der Waals surface area (Å²) in [6, 6.07) is 4.75. The van der Waals surface area contributed by atoms with Gasteiger partial charge < -0.3 is 5.32 Å². The van der Waals surface area contributed by atoms with E-state index in [9.17, 15) is 13.2 Å². The third-order valence-electron chi connectivity index (χ3n) is 4.22. The van der Waals surface area contributed by atoms with Gasteiger partial charge in [0, 0.05) is 24.7 Å². The minimum atomic E-state index is -3.63. The van der Waals surface area contributed by atoms with Crippen LogP contribution in [0.2, 0.25) is 5.02 Å². The average molecular weight is 373 g/mol. The molecule has 1 heterocycles. The van der Waals surface area contributed by atoms with Crippen molar-refractivity contribution in [3.8, 4) is 0 Å². The van der Waals surface area contributed by atoms with Gasteiger partial charge in [-0.25, -0.2) is 8.42 Å². The van der Waals surface area contributed by atoms with E-state index >= 15 is 0 Å². The summed E-state index contributed by atoms with van der Waals surface area (Å²) in [4.78, 5) is 12.4. The fourth-order valence-corrected chi connectivity index (χ4v) is 4.50. The van der Waals surface area contributed by atoms with E-state index in [2.05, 4.69) is 5.32 Å². The number of hydrogen-bond acceptors (Lipinski definition) is 3. The minimum absolute atomic E-state index is 0.0643. The molecule has 1 amide bonds. The topological polar surface area (TPSA) is 66.5 Å². The highest BCUT2D eigenvalue weighted by atomic mass is 35.5. The molecule has 1 atom stereocenters. The Morgan fingerprint density at radius 2 is 2.12 bits per heavy atom. The van der Waals surface area contributed by atoms with Crippen molar-refractivity contribution in [1.82, 2.24) is 9.62 Å². The van der Waals surface area contributed by atoms with Gasteiger partial charge in [0.05, 0.1) is 10.8 Å². The van der Waals surface area contributed by atoms with Gasteiger partial charge in [0.15, 0.2) is 0 Å². The first-order valence-corrected chi connectivity index (χ1v) is 10.1. The van der Waals surface area contributed by atoms with Crippen LogP contribution < -0.4 is 5.32 Å². The number of hydrogen-bond donors (Lipinski definition) is 1. The molecule has 0 radical (unpaired) electrons. The van der Waals surface area contributed by atoms with E-state index in [-0.39, 0.29) is 23.3 Å². The normalized spacial score (nSPS) is 19.5. The molecule has 1 aliphatic heterocycles. The van der Waals surface area contributed by atoms with Gasteiger partial charge in [-0.2, -0.15) is 4.31 Å². The first-order chi connectivity index (χ1) is 11.2. The second-order valence-corrected chi connectivity index (χ2v) is 9.10. The molecule has 0 aliphatic carbocycles. The number of carbonyl (C=O) groups is 1. The molecule has 1 aromatic carbocycles. The highest BCUT2D eigenvalue weighted by molar-refractivity contribution is 7.89. The minimum Gasteiger partial charge on any atom is -0.356 e. The zero-order valence-electron chi connectivity index (χ0n) is 14.4. The Bertz CT molecular complexity index is 704. The highest BCUT2D eigenvalue weighted by Gasteiger charge is 2.33. The zero-order valence-corrected chi connectivity index (χ0v) is 16.0. The van der Waals surface area contributed by atoms with Gasteiger partial charge in [-0.3, -0.25) is 4.79 Å². The van der Waals surface area contributed by atoms with E-state index in [1.54, 1.807) is 12.1 Å². The van der Waals surface area contributed by atoms with Crippen LogP contribution in [0.3, 0.4) is 0 Å². The van der Waals surface area contributed by atoms with Crippen molar-refractivity contribution in [1.29, 1.82) is 0 Å². The quantitative estimate of drug-likeness (QED) is 0.864. The summed E-state index contributed by atoms with van der Waals surface area (Å²) in [6.45, 7) is 7.14. The van der Waals surface area contributed by atoms with Gasteiger partial charge in [0.1, 0.15) is 0 Å². The van der Waals surface area contributed by atoms with E-state index in [1.165, 1.54) is 10.4 Å². The van der Waals surface area contributed by atoms with Crippen LogP contribution in [0.1, 0.15) is 32.3 Å². The van der Waals surface area contributed by atoms with Crippen molar-refractivity contribution in [3.63, 3.8) is 0 Å². The lowest BCUT2D eigenvalue weighted by atomic mass is 9.98. The van der Waals surface area contributed by atoms with Crippen LogP contribution in [0.15, 0.2) is 23.1 Å². The first-order valence-electron chi connectivity index (χ1n) is 8.26. The van der Waals surface area contributed by atoms with E-state index in [4.69, 9.17) is 11.6 Å². The summed E-state index contributed by atoms with van der Waals surface area (Å²) >= 11 is 6.06. The number of amides is 1. The molecule has 0 unspecified atom stereocenters. The van der Waals surface area contributed by atoms with Gasteiger partial charge in [-0.15, -0.1) is 0 Å². The van der Waals surface area contributed by atoms with Gasteiger partial charge >= 0.3 is 0 Å².